The summed E-state index contributed by atoms with van der Waals surface area (Å²) in [5, 5.41) is 2.76. The van der Waals surface area contributed by atoms with Gasteiger partial charge in [-0.2, -0.15) is 0 Å². The molecule has 1 heterocycles. The van der Waals surface area contributed by atoms with Gasteiger partial charge in [0.2, 0.25) is 5.88 Å². The summed E-state index contributed by atoms with van der Waals surface area (Å²) >= 11 is 0. The maximum absolute atomic E-state index is 13.3. The van der Waals surface area contributed by atoms with E-state index in [9.17, 15) is 9.18 Å². The molecule has 1 aromatic heterocycles. The van der Waals surface area contributed by atoms with Gasteiger partial charge in [0.05, 0.1) is 0 Å². The molecule has 0 aliphatic heterocycles. The standard InChI is InChI=1S/C21H19FN2O3/c1-15-7-9-18(10-8-15)26-14-20(25)24-13-16-4-3-11-23-21(16)27-19-6-2-5-17(22)12-19/h2-12H,13-14H2,1H3,(H,24,25). The van der Waals surface area contributed by atoms with Crippen molar-refractivity contribution in [2.24, 2.45) is 0 Å². The highest BCUT2D eigenvalue weighted by atomic mass is 19.1. The topological polar surface area (TPSA) is 60.5 Å². The van der Waals surface area contributed by atoms with Gasteiger partial charge in [-0.15, -0.1) is 0 Å². The van der Waals surface area contributed by atoms with E-state index in [0.717, 1.165) is 5.56 Å². The number of aryl methyl sites for hydroxylation is 1. The molecule has 0 saturated heterocycles. The Bertz CT molecular complexity index is 913. The molecule has 0 bridgehead atoms. The zero-order valence-corrected chi connectivity index (χ0v) is 14.8. The van der Waals surface area contributed by atoms with Crippen molar-refractivity contribution in [3.63, 3.8) is 0 Å². The Labute approximate surface area is 156 Å². The van der Waals surface area contributed by atoms with Crippen LogP contribution in [0.2, 0.25) is 0 Å². The van der Waals surface area contributed by atoms with Crippen LogP contribution in [-0.4, -0.2) is 17.5 Å². The summed E-state index contributed by atoms with van der Waals surface area (Å²) in [5.74, 6) is 0.613. The molecule has 0 radical (unpaired) electrons. The highest BCUT2D eigenvalue weighted by molar-refractivity contribution is 5.77. The fourth-order valence-corrected chi connectivity index (χ4v) is 2.32. The van der Waals surface area contributed by atoms with Crippen LogP contribution in [-0.2, 0) is 11.3 Å². The molecule has 138 valence electrons. The van der Waals surface area contributed by atoms with Gasteiger partial charge >= 0.3 is 0 Å². The first-order valence-corrected chi connectivity index (χ1v) is 8.43. The predicted octanol–water partition coefficient (Wildman–Crippen LogP) is 4.02. The lowest BCUT2D eigenvalue weighted by Gasteiger charge is -2.11. The Balaban J connectivity index is 1.56. The van der Waals surface area contributed by atoms with Crippen molar-refractivity contribution < 1.29 is 18.7 Å². The van der Waals surface area contributed by atoms with Crippen LogP contribution in [0.5, 0.6) is 17.4 Å². The second-order valence-corrected chi connectivity index (χ2v) is 5.91. The van der Waals surface area contributed by atoms with Crippen LogP contribution in [0.4, 0.5) is 4.39 Å². The highest BCUT2D eigenvalue weighted by Gasteiger charge is 2.09. The van der Waals surface area contributed by atoms with E-state index in [1.807, 2.05) is 31.2 Å². The summed E-state index contributed by atoms with van der Waals surface area (Å²) in [6.07, 6.45) is 1.57. The van der Waals surface area contributed by atoms with E-state index in [0.29, 0.717) is 22.9 Å². The lowest BCUT2D eigenvalue weighted by molar-refractivity contribution is -0.123. The Kier molecular flexibility index (Phi) is 5.99. The molecule has 0 unspecified atom stereocenters. The monoisotopic (exact) mass is 366 g/mol. The summed E-state index contributed by atoms with van der Waals surface area (Å²) < 4.78 is 24.4. The van der Waals surface area contributed by atoms with Crippen molar-refractivity contribution in [3.8, 4) is 17.4 Å². The largest absolute Gasteiger partial charge is 0.484 e. The van der Waals surface area contributed by atoms with Crippen LogP contribution < -0.4 is 14.8 Å². The van der Waals surface area contributed by atoms with Crippen LogP contribution >= 0.6 is 0 Å². The van der Waals surface area contributed by atoms with E-state index in [-0.39, 0.29) is 19.1 Å². The second kappa shape index (κ2) is 8.80. The average Bonchev–Trinajstić information content (AvgIpc) is 2.67. The molecule has 0 atom stereocenters. The molecule has 1 amide bonds. The number of carbonyl (C=O) groups is 1. The summed E-state index contributed by atoms with van der Waals surface area (Å²) in [7, 11) is 0. The molecule has 0 spiro atoms. The second-order valence-electron chi connectivity index (χ2n) is 5.91. The van der Waals surface area contributed by atoms with E-state index >= 15 is 0 Å². The number of carbonyl (C=O) groups excluding carboxylic acids is 1. The third kappa shape index (κ3) is 5.54. The molecular weight excluding hydrogens is 347 g/mol. The van der Waals surface area contributed by atoms with Gasteiger partial charge in [0.15, 0.2) is 6.61 Å². The zero-order valence-electron chi connectivity index (χ0n) is 14.8. The molecule has 3 rings (SSSR count). The van der Waals surface area contributed by atoms with Crippen molar-refractivity contribution in [2.75, 3.05) is 6.61 Å². The molecule has 5 nitrogen and oxygen atoms in total. The fraction of sp³-hybridized carbons (Fsp3) is 0.143. The van der Waals surface area contributed by atoms with Crippen molar-refractivity contribution >= 4 is 5.91 Å². The summed E-state index contributed by atoms with van der Waals surface area (Å²) in [5.41, 5.74) is 1.79. The van der Waals surface area contributed by atoms with Crippen molar-refractivity contribution in [1.29, 1.82) is 0 Å². The fourth-order valence-electron chi connectivity index (χ4n) is 2.32. The Morgan fingerprint density at radius 2 is 1.89 bits per heavy atom. The van der Waals surface area contributed by atoms with E-state index in [1.165, 1.54) is 12.1 Å². The number of hydrogen-bond acceptors (Lipinski definition) is 4. The summed E-state index contributed by atoms with van der Waals surface area (Å²) in [4.78, 5) is 16.2. The normalized spacial score (nSPS) is 10.3. The van der Waals surface area contributed by atoms with E-state index in [1.54, 1.807) is 30.5 Å². The van der Waals surface area contributed by atoms with Gasteiger partial charge in [0.1, 0.15) is 17.3 Å². The molecule has 2 aromatic carbocycles. The minimum absolute atomic E-state index is 0.0938. The minimum atomic E-state index is -0.397. The van der Waals surface area contributed by atoms with Crippen molar-refractivity contribution in [2.45, 2.75) is 13.5 Å². The number of pyridine rings is 1. The van der Waals surface area contributed by atoms with Crippen LogP contribution in [0, 0.1) is 12.7 Å². The van der Waals surface area contributed by atoms with Crippen LogP contribution in [0.25, 0.3) is 0 Å². The van der Waals surface area contributed by atoms with E-state index in [4.69, 9.17) is 9.47 Å². The first kappa shape index (κ1) is 18.4. The Morgan fingerprint density at radius 3 is 2.67 bits per heavy atom. The van der Waals surface area contributed by atoms with E-state index in [2.05, 4.69) is 10.3 Å². The lowest BCUT2D eigenvalue weighted by atomic mass is 10.2. The SMILES string of the molecule is Cc1ccc(OCC(=O)NCc2cccnc2Oc2cccc(F)c2)cc1. The lowest BCUT2D eigenvalue weighted by Crippen LogP contribution is -2.28. The zero-order chi connectivity index (χ0) is 19.1. The summed E-state index contributed by atoms with van der Waals surface area (Å²) in [6.45, 7) is 2.10. The van der Waals surface area contributed by atoms with Crippen LogP contribution in [0.1, 0.15) is 11.1 Å². The molecule has 0 fully saturated rings. The molecule has 3 aromatic rings. The number of hydrogen-bond donors (Lipinski definition) is 1. The Morgan fingerprint density at radius 1 is 1.07 bits per heavy atom. The smallest absolute Gasteiger partial charge is 0.258 e. The highest BCUT2D eigenvalue weighted by Crippen LogP contribution is 2.23. The number of amides is 1. The molecule has 0 aliphatic rings. The predicted molar refractivity (Wildman–Crippen MR) is 99.2 cm³/mol. The number of nitrogens with zero attached hydrogens (tertiary/aromatic N) is 1. The van der Waals surface area contributed by atoms with Gasteiger partial charge in [-0.05, 0) is 37.3 Å². The molecule has 0 aliphatic carbocycles. The molecule has 0 saturated carbocycles. The maximum Gasteiger partial charge on any atom is 0.258 e. The van der Waals surface area contributed by atoms with E-state index < -0.39 is 5.82 Å². The third-order valence-corrected chi connectivity index (χ3v) is 3.73. The summed E-state index contributed by atoms with van der Waals surface area (Å²) in [6, 6.07) is 16.8. The third-order valence-electron chi connectivity index (χ3n) is 3.73. The van der Waals surface area contributed by atoms with Crippen LogP contribution in [0.3, 0.4) is 0 Å². The van der Waals surface area contributed by atoms with Gasteiger partial charge in [0.25, 0.3) is 5.91 Å². The average molecular weight is 366 g/mol. The number of nitrogens with one attached hydrogen (secondary N) is 1. The van der Waals surface area contributed by atoms with Gasteiger partial charge in [-0.3, -0.25) is 4.79 Å². The van der Waals surface area contributed by atoms with Gasteiger partial charge in [0, 0.05) is 24.4 Å². The molecule has 6 heteroatoms. The maximum atomic E-state index is 13.3. The number of ether oxygens (including phenoxy) is 2. The van der Waals surface area contributed by atoms with Gasteiger partial charge < -0.3 is 14.8 Å². The minimum Gasteiger partial charge on any atom is -0.484 e. The molecule has 27 heavy (non-hydrogen) atoms. The first-order chi connectivity index (χ1) is 13.1. The molecular formula is C21H19FN2O3. The first-order valence-electron chi connectivity index (χ1n) is 8.43. The van der Waals surface area contributed by atoms with Gasteiger partial charge in [-0.1, -0.05) is 29.8 Å². The Hall–Kier alpha value is -3.41. The number of rotatable bonds is 7. The van der Waals surface area contributed by atoms with Crippen molar-refractivity contribution in [3.05, 3.63) is 83.8 Å². The molecule has 1 N–H and O–H groups in total. The van der Waals surface area contributed by atoms with Crippen LogP contribution in [0.15, 0.2) is 66.9 Å². The number of benzene rings is 2. The van der Waals surface area contributed by atoms with Crippen molar-refractivity contribution in [1.82, 2.24) is 10.3 Å². The number of aromatic nitrogens is 1. The number of halogens is 1. The van der Waals surface area contributed by atoms with Gasteiger partial charge in [-0.25, -0.2) is 9.37 Å². The quantitative estimate of drug-likeness (QED) is 0.686.